The number of hydrogen-bond acceptors (Lipinski definition) is 2. The molecule has 2 aromatic carbocycles. The molecular formula is C26H36N2O2. The van der Waals surface area contributed by atoms with Crippen LogP contribution in [-0.2, 0) is 22.6 Å². The van der Waals surface area contributed by atoms with E-state index in [1.807, 2.05) is 37.3 Å². The predicted molar refractivity (Wildman–Crippen MR) is 123 cm³/mol. The van der Waals surface area contributed by atoms with E-state index in [1.165, 1.54) is 5.56 Å². The fraction of sp³-hybridized carbons (Fsp3) is 0.462. The van der Waals surface area contributed by atoms with Crippen molar-refractivity contribution in [3.8, 4) is 0 Å². The highest BCUT2D eigenvalue weighted by molar-refractivity contribution is 5.87. The second-order valence-electron chi connectivity index (χ2n) is 8.72. The maximum absolute atomic E-state index is 13.1. The number of nitrogens with zero attached hydrogens (tertiary/aromatic N) is 1. The van der Waals surface area contributed by atoms with Gasteiger partial charge in [-0.15, -0.1) is 0 Å². The van der Waals surface area contributed by atoms with Crippen molar-refractivity contribution in [3.05, 3.63) is 71.3 Å². The summed E-state index contributed by atoms with van der Waals surface area (Å²) in [7, 11) is 0. The van der Waals surface area contributed by atoms with E-state index < -0.39 is 6.04 Å². The summed E-state index contributed by atoms with van der Waals surface area (Å²) in [5, 5.41) is 2.96. The van der Waals surface area contributed by atoms with E-state index in [0.29, 0.717) is 37.8 Å². The summed E-state index contributed by atoms with van der Waals surface area (Å²) in [6.45, 7) is 11.3. The molecule has 4 heteroatoms. The van der Waals surface area contributed by atoms with Crippen molar-refractivity contribution >= 4 is 11.8 Å². The summed E-state index contributed by atoms with van der Waals surface area (Å²) in [4.78, 5) is 27.5. The molecule has 0 bridgehead atoms. The third-order valence-electron chi connectivity index (χ3n) is 5.32. The smallest absolute Gasteiger partial charge is 0.242 e. The van der Waals surface area contributed by atoms with Gasteiger partial charge in [-0.25, -0.2) is 0 Å². The van der Waals surface area contributed by atoms with Gasteiger partial charge in [-0.1, -0.05) is 82.3 Å². The van der Waals surface area contributed by atoms with Crippen LogP contribution in [0.3, 0.4) is 0 Å². The highest BCUT2D eigenvalue weighted by Crippen LogP contribution is 2.17. The number of carbonyl (C=O) groups is 2. The molecule has 30 heavy (non-hydrogen) atoms. The van der Waals surface area contributed by atoms with Crippen molar-refractivity contribution in [3.63, 3.8) is 0 Å². The monoisotopic (exact) mass is 408 g/mol. The summed E-state index contributed by atoms with van der Waals surface area (Å²) in [6, 6.07) is 17.8. The van der Waals surface area contributed by atoms with E-state index in [-0.39, 0.29) is 11.8 Å². The molecule has 0 unspecified atom stereocenters. The average molecular weight is 409 g/mol. The number of aryl methyl sites for hydroxylation is 1. The van der Waals surface area contributed by atoms with E-state index in [9.17, 15) is 9.59 Å². The third kappa shape index (κ3) is 7.33. The van der Waals surface area contributed by atoms with Gasteiger partial charge >= 0.3 is 0 Å². The highest BCUT2D eigenvalue weighted by Gasteiger charge is 2.25. The molecule has 2 amide bonds. The lowest BCUT2D eigenvalue weighted by molar-refractivity contribution is -0.140. The lowest BCUT2D eigenvalue weighted by atomic mass is 10.00. The molecule has 0 aliphatic heterocycles. The fourth-order valence-electron chi connectivity index (χ4n) is 3.28. The molecule has 0 aromatic heterocycles. The van der Waals surface area contributed by atoms with Crippen molar-refractivity contribution in [2.75, 3.05) is 6.54 Å². The summed E-state index contributed by atoms with van der Waals surface area (Å²) >= 11 is 0. The van der Waals surface area contributed by atoms with Gasteiger partial charge in [0, 0.05) is 19.5 Å². The molecule has 0 saturated carbocycles. The fourth-order valence-corrected chi connectivity index (χ4v) is 3.28. The van der Waals surface area contributed by atoms with Crippen LogP contribution in [0.15, 0.2) is 54.6 Å². The van der Waals surface area contributed by atoms with Crippen LogP contribution in [0.1, 0.15) is 63.6 Å². The van der Waals surface area contributed by atoms with Crippen LogP contribution in [0.4, 0.5) is 0 Å². The SMILES string of the molecule is CC(C)CNC(=O)[C@H](C)N(Cc1ccccc1)C(=O)CCc1ccc(C(C)C)cc1. The Morgan fingerprint density at radius 2 is 1.50 bits per heavy atom. The van der Waals surface area contributed by atoms with Crippen molar-refractivity contribution < 1.29 is 9.59 Å². The molecular weight excluding hydrogens is 372 g/mol. The summed E-state index contributed by atoms with van der Waals surface area (Å²) in [6.07, 6.45) is 1.05. The van der Waals surface area contributed by atoms with Crippen molar-refractivity contribution in [2.24, 2.45) is 5.92 Å². The van der Waals surface area contributed by atoms with Gasteiger partial charge in [-0.2, -0.15) is 0 Å². The molecule has 0 fully saturated rings. The molecule has 4 nitrogen and oxygen atoms in total. The quantitative estimate of drug-likeness (QED) is 0.606. The van der Waals surface area contributed by atoms with E-state index >= 15 is 0 Å². The molecule has 162 valence electrons. The largest absolute Gasteiger partial charge is 0.354 e. The number of carbonyl (C=O) groups excluding carboxylic acids is 2. The number of rotatable bonds is 10. The van der Waals surface area contributed by atoms with Crippen LogP contribution < -0.4 is 5.32 Å². The van der Waals surface area contributed by atoms with Crippen molar-refractivity contribution in [1.29, 1.82) is 0 Å². The Morgan fingerprint density at radius 1 is 0.867 bits per heavy atom. The molecule has 0 aliphatic rings. The van der Waals surface area contributed by atoms with Crippen LogP contribution in [0, 0.1) is 5.92 Å². The van der Waals surface area contributed by atoms with Crippen molar-refractivity contribution in [1.82, 2.24) is 10.2 Å². The Morgan fingerprint density at radius 3 is 2.07 bits per heavy atom. The number of hydrogen-bond donors (Lipinski definition) is 1. The Kier molecular flexibility index (Phi) is 9.10. The Balaban J connectivity index is 2.07. The minimum Gasteiger partial charge on any atom is -0.354 e. The summed E-state index contributed by atoms with van der Waals surface area (Å²) < 4.78 is 0. The standard InChI is InChI=1S/C26H36N2O2/c1-19(2)17-27-26(30)21(5)28(18-23-9-7-6-8-10-23)25(29)16-13-22-11-14-24(15-12-22)20(3)4/h6-12,14-15,19-21H,13,16-18H2,1-5H3,(H,27,30)/t21-/m0/s1. The lowest BCUT2D eigenvalue weighted by Gasteiger charge is -2.29. The molecule has 2 aromatic rings. The molecule has 0 heterocycles. The molecule has 1 N–H and O–H groups in total. The topological polar surface area (TPSA) is 49.4 Å². The summed E-state index contributed by atoms with van der Waals surface area (Å²) in [5.74, 6) is 0.758. The van der Waals surface area contributed by atoms with Crippen LogP contribution in [0.2, 0.25) is 0 Å². The van der Waals surface area contributed by atoms with Crippen LogP contribution >= 0.6 is 0 Å². The Bertz CT molecular complexity index is 798. The maximum Gasteiger partial charge on any atom is 0.242 e. The van der Waals surface area contributed by atoms with E-state index in [0.717, 1.165) is 11.1 Å². The Labute approximate surface area is 181 Å². The zero-order chi connectivity index (χ0) is 22.1. The van der Waals surface area contributed by atoms with E-state index in [4.69, 9.17) is 0 Å². The first kappa shape index (κ1) is 23.7. The first-order valence-corrected chi connectivity index (χ1v) is 11.0. The second-order valence-corrected chi connectivity index (χ2v) is 8.72. The molecule has 0 spiro atoms. The lowest BCUT2D eigenvalue weighted by Crippen LogP contribution is -2.48. The first-order chi connectivity index (χ1) is 14.3. The van der Waals surface area contributed by atoms with Gasteiger partial charge in [0.1, 0.15) is 6.04 Å². The third-order valence-corrected chi connectivity index (χ3v) is 5.32. The van der Waals surface area contributed by atoms with E-state index in [2.05, 4.69) is 57.3 Å². The van der Waals surface area contributed by atoms with Gasteiger partial charge in [0.15, 0.2) is 0 Å². The maximum atomic E-state index is 13.1. The van der Waals surface area contributed by atoms with Gasteiger partial charge in [0.25, 0.3) is 0 Å². The molecule has 0 aliphatic carbocycles. The predicted octanol–water partition coefficient (Wildman–Crippen LogP) is 4.93. The molecule has 0 radical (unpaired) electrons. The van der Waals surface area contributed by atoms with Gasteiger partial charge in [-0.3, -0.25) is 9.59 Å². The first-order valence-electron chi connectivity index (χ1n) is 11.0. The van der Waals surface area contributed by atoms with Crippen LogP contribution in [-0.4, -0.2) is 29.3 Å². The number of amides is 2. The number of nitrogens with one attached hydrogen (secondary N) is 1. The highest BCUT2D eigenvalue weighted by atomic mass is 16.2. The Hall–Kier alpha value is -2.62. The van der Waals surface area contributed by atoms with Gasteiger partial charge in [-0.05, 0) is 41.9 Å². The van der Waals surface area contributed by atoms with Gasteiger partial charge in [0.2, 0.25) is 11.8 Å². The summed E-state index contributed by atoms with van der Waals surface area (Å²) in [5.41, 5.74) is 3.46. The normalized spacial score (nSPS) is 12.1. The molecule has 1 atom stereocenters. The minimum atomic E-state index is -0.514. The molecule has 0 saturated heterocycles. The van der Waals surface area contributed by atoms with Gasteiger partial charge in [0.05, 0.1) is 0 Å². The molecule has 2 rings (SSSR count). The second kappa shape index (κ2) is 11.5. The number of benzene rings is 2. The van der Waals surface area contributed by atoms with E-state index in [1.54, 1.807) is 4.90 Å². The van der Waals surface area contributed by atoms with Crippen LogP contribution in [0.5, 0.6) is 0 Å². The zero-order valence-electron chi connectivity index (χ0n) is 19.0. The van der Waals surface area contributed by atoms with Crippen LogP contribution in [0.25, 0.3) is 0 Å². The van der Waals surface area contributed by atoms with Crippen molar-refractivity contribution in [2.45, 2.75) is 66.0 Å². The zero-order valence-corrected chi connectivity index (χ0v) is 19.0. The average Bonchev–Trinajstić information content (AvgIpc) is 2.74. The van der Waals surface area contributed by atoms with Gasteiger partial charge < -0.3 is 10.2 Å². The minimum absolute atomic E-state index is 0.000939.